The van der Waals surface area contributed by atoms with Gasteiger partial charge in [-0.15, -0.1) is 0 Å². The highest BCUT2D eigenvalue weighted by molar-refractivity contribution is 7.98. The first-order valence-corrected chi connectivity index (χ1v) is 7.39. The van der Waals surface area contributed by atoms with Gasteiger partial charge in [0.2, 0.25) is 0 Å². The number of carboxylic acids is 1. The van der Waals surface area contributed by atoms with E-state index in [9.17, 15) is 9.59 Å². The molecule has 18 heavy (non-hydrogen) atoms. The van der Waals surface area contributed by atoms with Crippen LogP contribution in [-0.2, 0) is 9.53 Å². The largest absolute Gasteiger partial charge is 0.480 e. The topological polar surface area (TPSA) is 87.7 Å². The smallest absolute Gasteiger partial charge is 0.326 e. The number of amides is 2. The molecule has 7 heteroatoms. The van der Waals surface area contributed by atoms with Crippen molar-refractivity contribution in [3.8, 4) is 0 Å². The Morgan fingerprint density at radius 3 is 2.89 bits per heavy atom. The van der Waals surface area contributed by atoms with Gasteiger partial charge in [-0.05, 0) is 31.3 Å². The molecule has 0 aromatic carbocycles. The third kappa shape index (κ3) is 5.59. The number of thioether (sulfide) groups is 1. The molecule has 1 heterocycles. The van der Waals surface area contributed by atoms with Gasteiger partial charge in [0.15, 0.2) is 0 Å². The fourth-order valence-electron chi connectivity index (χ4n) is 1.73. The van der Waals surface area contributed by atoms with Gasteiger partial charge in [-0.2, -0.15) is 11.8 Å². The van der Waals surface area contributed by atoms with E-state index < -0.39 is 18.0 Å². The summed E-state index contributed by atoms with van der Waals surface area (Å²) in [6.45, 7) is 1.22. The number of nitrogens with one attached hydrogen (secondary N) is 2. The standard InChI is InChI=1S/C11H20N2O4S/c1-18-6-4-9(10(14)15)13-11(16)12-8-3-2-5-17-7-8/h8-9H,2-7H2,1H3,(H,14,15)(H2,12,13,16)/t8?,9-/m1/s1. The molecule has 0 aromatic heterocycles. The second-order valence-corrected chi connectivity index (χ2v) is 5.19. The third-order valence-electron chi connectivity index (χ3n) is 2.71. The molecule has 6 nitrogen and oxygen atoms in total. The molecule has 1 saturated heterocycles. The van der Waals surface area contributed by atoms with Gasteiger partial charge in [-0.25, -0.2) is 9.59 Å². The number of rotatable bonds is 6. The summed E-state index contributed by atoms with van der Waals surface area (Å²) in [5.74, 6) is -0.303. The minimum Gasteiger partial charge on any atom is -0.480 e. The maximum absolute atomic E-state index is 11.6. The normalized spacial score (nSPS) is 21.1. The highest BCUT2D eigenvalue weighted by Crippen LogP contribution is 2.06. The van der Waals surface area contributed by atoms with E-state index in [1.807, 2.05) is 6.26 Å². The van der Waals surface area contributed by atoms with Gasteiger partial charge >= 0.3 is 12.0 Å². The molecule has 1 fully saturated rings. The molecule has 0 spiro atoms. The van der Waals surface area contributed by atoms with Crippen LogP contribution in [0.3, 0.4) is 0 Å². The van der Waals surface area contributed by atoms with E-state index in [2.05, 4.69) is 10.6 Å². The summed E-state index contributed by atoms with van der Waals surface area (Å²) in [6.07, 6.45) is 4.11. The Morgan fingerprint density at radius 1 is 1.56 bits per heavy atom. The molecule has 104 valence electrons. The van der Waals surface area contributed by atoms with Crippen LogP contribution < -0.4 is 10.6 Å². The van der Waals surface area contributed by atoms with Crippen LogP contribution in [0.4, 0.5) is 4.79 Å². The lowest BCUT2D eigenvalue weighted by Gasteiger charge is -2.24. The minimum atomic E-state index is -1.00. The summed E-state index contributed by atoms with van der Waals surface area (Å²) in [6, 6.07) is -1.28. The van der Waals surface area contributed by atoms with Crippen molar-refractivity contribution in [3.05, 3.63) is 0 Å². The molecule has 1 unspecified atom stereocenters. The van der Waals surface area contributed by atoms with E-state index in [1.165, 1.54) is 0 Å². The predicted molar refractivity (Wildman–Crippen MR) is 69.9 cm³/mol. The van der Waals surface area contributed by atoms with Crippen LogP contribution >= 0.6 is 11.8 Å². The highest BCUT2D eigenvalue weighted by atomic mass is 32.2. The summed E-state index contributed by atoms with van der Waals surface area (Å²) >= 11 is 1.56. The van der Waals surface area contributed by atoms with Crippen molar-refractivity contribution >= 4 is 23.8 Å². The van der Waals surface area contributed by atoms with E-state index in [0.29, 0.717) is 18.8 Å². The molecule has 3 N–H and O–H groups in total. The Kier molecular flexibility index (Phi) is 6.89. The SMILES string of the molecule is CSCC[C@@H](NC(=O)NC1CCCOC1)C(=O)O. The lowest BCUT2D eigenvalue weighted by atomic mass is 10.1. The van der Waals surface area contributed by atoms with Crippen LogP contribution in [0, 0.1) is 0 Å². The lowest BCUT2D eigenvalue weighted by molar-refractivity contribution is -0.139. The zero-order valence-corrected chi connectivity index (χ0v) is 11.3. The summed E-state index contributed by atoms with van der Waals surface area (Å²) in [5, 5.41) is 14.2. The minimum absolute atomic E-state index is 0.0197. The lowest BCUT2D eigenvalue weighted by Crippen LogP contribution is -2.51. The van der Waals surface area contributed by atoms with Crippen molar-refractivity contribution in [3.63, 3.8) is 0 Å². The molecular weight excluding hydrogens is 256 g/mol. The monoisotopic (exact) mass is 276 g/mol. The van der Waals surface area contributed by atoms with E-state index in [1.54, 1.807) is 11.8 Å². The van der Waals surface area contributed by atoms with Crippen molar-refractivity contribution in [2.45, 2.75) is 31.3 Å². The van der Waals surface area contributed by atoms with Crippen molar-refractivity contribution < 1.29 is 19.4 Å². The van der Waals surface area contributed by atoms with E-state index in [-0.39, 0.29) is 6.04 Å². The summed E-state index contributed by atoms with van der Waals surface area (Å²) in [5.41, 5.74) is 0. The first kappa shape index (κ1) is 15.1. The first-order chi connectivity index (χ1) is 8.63. The van der Waals surface area contributed by atoms with E-state index >= 15 is 0 Å². The molecule has 0 radical (unpaired) electrons. The zero-order chi connectivity index (χ0) is 13.4. The number of carbonyl (C=O) groups is 2. The average molecular weight is 276 g/mol. The van der Waals surface area contributed by atoms with Gasteiger partial charge < -0.3 is 20.5 Å². The van der Waals surface area contributed by atoms with Gasteiger partial charge in [-0.3, -0.25) is 0 Å². The van der Waals surface area contributed by atoms with Gasteiger partial charge in [0.1, 0.15) is 6.04 Å². The summed E-state index contributed by atoms with van der Waals surface area (Å²) < 4.78 is 5.24. The van der Waals surface area contributed by atoms with Crippen LogP contribution in [0.15, 0.2) is 0 Å². The summed E-state index contributed by atoms with van der Waals surface area (Å²) in [7, 11) is 0. The number of aliphatic carboxylic acids is 1. The van der Waals surface area contributed by atoms with Gasteiger partial charge in [0.05, 0.1) is 12.6 Å². The number of carboxylic acid groups (broad SMARTS) is 1. The number of hydrogen-bond acceptors (Lipinski definition) is 4. The molecule has 1 aliphatic rings. The molecule has 1 aliphatic heterocycles. The molecular formula is C11H20N2O4S. The van der Waals surface area contributed by atoms with Crippen LogP contribution in [-0.4, -0.2) is 54.4 Å². The molecule has 1 rings (SSSR count). The first-order valence-electron chi connectivity index (χ1n) is 6.00. The molecule has 2 amide bonds. The second-order valence-electron chi connectivity index (χ2n) is 4.20. The Bertz CT molecular complexity index is 282. The molecule has 2 atom stereocenters. The van der Waals surface area contributed by atoms with Crippen LogP contribution in [0.1, 0.15) is 19.3 Å². The Hall–Kier alpha value is -0.950. The fraction of sp³-hybridized carbons (Fsp3) is 0.818. The number of carbonyl (C=O) groups excluding carboxylic acids is 1. The number of urea groups is 1. The van der Waals surface area contributed by atoms with Gasteiger partial charge in [0.25, 0.3) is 0 Å². The maximum Gasteiger partial charge on any atom is 0.326 e. The highest BCUT2D eigenvalue weighted by Gasteiger charge is 2.21. The molecule has 0 saturated carbocycles. The molecule has 0 aliphatic carbocycles. The Morgan fingerprint density at radius 2 is 2.33 bits per heavy atom. The maximum atomic E-state index is 11.6. The zero-order valence-electron chi connectivity index (χ0n) is 10.5. The van der Waals surface area contributed by atoms with Crippen LogP contribution in [0.2, 0.25) is 0 Å². The number of ether oxygens (including phenoxy) is 1. The van der Waals surface area contributed by atoms with E-state index in [0.717, 1.165) is 19.4 Å². The second kappa shape index (κ2) is 8.20. The summed E-state index contributed by atoms with van der Waals surface area (Å²) in [4.78, 5) is 22.6. The predicted octanol–water partition coefficient (Wildman–Crippen LogP) is 0.671. The quantitative estimate of drug-likeness (QED) is 0.663. The van der Waals surface area contributed by atoms with Crippen molar-refractivity contribution in [1.82, 2.24) is 10.6 Å². The van der Waals surface area contributed by atoms with E-state index in [4.69, 9.17) is 9.84 Å². The number of hydrogen-bond donors (Lipinski definition) is 3. The Balaban J connectivity index is 2.32. The van der Waals surface area contributed by atoms with Crippen molar-refractivity contribution in [2.24, 2.45) is 0 Å². The van der Waals surface area contributed by atoms with Crippen molar-refractivity contribution in [2.75, 3.05) is 25.2 Å². The van der Waals surface area contributed by atoms with Crippen molar-refractivity contribution in [1.29, 1.82) is 0 Å². The average Bonchev–Trinajstić information content (AvgIpc) is 2.35. The Labute approximate surface area is 111 Å². The van der Waals surface area contributed by atoms with Gasteiger partial charge in [-0.1, -0.05) is 0 Å². The van der Waals surface area contributed by atoms with Crippen LogP contribution in [0.25, 0.3) is 0 Å². The molecule has 0 aromatic rings. The third-order valence-corrected chi connectivity index (χ3v) is 3.35. The molecule has 0 bridgehead atoms. The fourth-order valence-corrected chi connectivity index (χ4v) is 2.20. The van der Waals surface area contributed by atoms with Crippen LogP contribution in [0.5, 0.6) is 0 Å². The van der Waals surface area contributed by atoms with Gasteiger partial charge in [0, 0.05) is 6.61 Å².